The van der Waals surface area contributed by atoms with E-state index < -0.39 is 5.97 Å². The van der Waals surface area contributed by atoms with Gasteiger partial charge >= 0.3 is 5.97 Å². The molecule has 6 heteroatoms. The molecule has 0 spiro atoms. The van der Waals surface area contributed by atoms with Crippen LogP contribution in [0.4, 0.5) is 5.69 Å². The molecule has 4 rings (SSSR count). The zero-order valence-electron chi connectivity index (χ0n) is 14.1. The van der Waals surface area contributed by atoms with E-state index in [1.807, 2.05) is 19.1 Å². The van der Waals surface area contributed by atoms with Gasteiger partial charge in [0.1, 0.15) is 10.6 Å². The van der Waals surface area contributed by atoms with Crippen molar-refractivity contribution in [2.24, 2.45) is 17.8 Å². The average molecular weight is 367 g/mol. The summed E-state index contributed by atoms with van der Waals surface area (Å²) in [5.74, 6) is -0.866. The molecule has 0 N–H and O–H groups in total. The average Bonchev–Trinajstić information content (AvgIpc) is 3.25. The summed E-state index contributed by atoms with van der Waals surface area (Å²) in [5.41, 5.74) is 0.512. The van der Waals surface area contributed by atoms with Crippen LogP contribution in [-0.2, 0) is 9.59 Å². The predicted molar refractivity (Wildman–Crippen MR) is 98.1 cm³/mol. The molecule has 132 valence electrons. The molecule has 1 saturated heterocycles. The van der Waals surface area contributed by atoms with Crippen LogP contribution >= 0.6 is 11.3 Å². The molecule has 5 nitrogen and oxygen atoms in total. The lowest BCUT2D eigenvalue weighted by Crippen LogP contribution is -2.31. The SMILES string of the molecule is C[C@@H]1C=CC[C@H]2C(=O)N(c3ccc(OC(=O)c4cccs4)cc3)C(=O)[C@@H]12. The number of amides is 2. The Bertz CT molecular complexity index is 885. The molecule has 1 aromatic carbocycles. The van der Waals surface area contributed by atoms with Crippen LogP contribution in [0.2, 0.25) is 0 Å². The number of imide groups is 1. The minimum Gasteiger partial charge on any atom is -0.422 e. The van der Waals surface area contributed by atoms with E-state index in [1.54, 1.807) is 41.8 Å². The number of esters is 1. The van der Waals surface area contributed by atoms with Crippen molar-refractivity contribution < 1.29 is 19.1 Å². The van der Waals surface area contributed by atoms with E-state index in [0.29, 0.717) is 22.7 Å². The quantitative estimate of drug-likeness (QED) is 0.359. The molecule has 2 aromatic rings. The van der Waals surface area contributed by atoms with Crippen molar-refractivity contribution in [3.05, 3.63) is 58.8 Å². The number of carbonyl (C=O) groups is 3. The molecule has 26 heavy (non-hydrogen) atoms. The van der Waals surface area contributed by atoms with E-state index in [4.69, 9.17) is 4.74 Å². The van der Waals surface area contributed by atoms with Crippen molar-refractivity contribution in [1.82, 2.24) is 0 Å². The number of anilines is 1. The molecule has 3 atom stereocenters. The number of hydrogen-bond acceptors (Lipinski definition) is 5. The van der Waals surface area contributed by atoms with Gasteiger partial charge in [0.25, 0.3) is 0 Å². The van der Waals surface area contributed by atoms with E-state index in [2.05, 4.69) is 0 Å². The Balaban J connectivity index is 1.53. The number of hydrogen-bond donors (Lipinski definition) is 0. The molecular formula is C20H17NO4S. The first kappa shape index (κ1) is 16.7. The van der Waals surface area contributed by atoms with Crippen molar-refractivity contribution in [2.75, 3.05) is 4.90 Å². The molecule has 0 saturated carbocycles. The summed E-state index contributed by atoms with van der Waals surface area (Å²) in [4.78, 5) is 39.2. The number of carbonyl (C=O) groups excluding carboxylic acids is 3. The van der Waals surface area contributed by atoms with Gasteiger partial charge in [-0.1, -0.05) is 25.1 Å². The van der Waals surface area contributed by atoms with Crippen LogP contribution in [0, 0.1) is 17.8 Å². The maximum absolute atomic E-state index is 12.8. The molecule has 0 unspecified atom stereocenters. The van der Waals surface area contributed by atoms with Crippen molar-refractivity contribution in [2.45, 2.75) is 13.3 Å². The Morgan fingerprint density at radius 2 is 1.92 bits per heavy atom. The van der Waals surface area contributed by atoms with Gasteiger partial charge in [-0.25, -0.2) is 4.79 Å². The van der Waals surface area contributed by atoms with Gasteiger partial charge < -0.3 is 4.74 Å². The Morgan fingerprint density at radius 1 is 1.15 bits per heavy atom. The largest absolute Gasteiger partial charge is 0.422 e. The first-order chi connectivity index (χ1) is 12.6. The van der Waals surface area contributed by atoms with Gasteiger partial charge in [0, 0.05) is 0 Å². The molecule has 2 heterocycles. The van der Waals surface area contributed by atoms with Gasteiger partial charge in [-0.05, 0) is 48.1 Å². The minimum atomic E-state index is -0.424. The third-order valence-corrected chi connectivity index (χ3v) is 5.75. The number of rotatable bonds is 3. The summed E-state index contributed by atoms with van der Waals surface area (Å²) < 4.78 is 5.31. The second kappa shape index (κ2) is 6.53. The monoisotopic (exact) mass is 367 g/mol. The molecule has 2 amide bonds. The van der Waals surface area contributed by atoms with Gasteiger partial charge in [-0.15, -0.1) is 11.3 Å². The smallest absolute Gasteiger partial charge is 0.353 e. The molecule has 1 aliphatic heterocycles. The van der Waals surface area contributed by atoms with Crippen LogP contribution in [0.15, 0.2) is 53.9 Å². The summed E-state index contributed by atoms with van der Waals surface area (Å²) >= 11 is 1.31. The lowest BCUT2D eigenvalue weighted by Gasteiger charge is -2.22. The fourth-order valence-corrected chi connectivity index (χ4v) is 4.22. The van der Waals surface area contributed by atoms with Crippen LogP contribution in [0.5, 0.6) is 5.75 Å². The van der Waals surface area contributed by atoms with Crippen LogP contribution < -0.4 is 9.64 Å². The Hall–Kier alpha value is -2.73. The summed E-state index contributed by atoms with van der Waals surface area (Å²) in [6, 6.07) is 9.96. The van der Waals surface area contributed by atoms with Gasteiger partial charge in [0.15, 0.2) is 0 Å². The zero-order valence-corrected chi connectivity index (χ0v) is 14.9. The highest BCUT2D eigenvalue weighted by Crippen LogP contribution is 2.40. The predicted octanol–water partition coefficient (Wildman–Crippen LogP) is 3.67. The molecule has 1 fully saturated rings. The van der Waals surface area contributed by atoms with Crippen LogP contribution in [-0.4, -0.2) is 17.8 Å². The Morgan fingerprint density at radius 3 is 2.58 bits per heavy atom. The highest BCUT2D eigenvalue weighted by atomic mass is 32.1. The zero-order chi connectivity index (χ0) is 18.3. The van der Waals surface area contributed by atoms with E-state index in [9.17, 15) is 14.4 Å². The molecule has 1 aromatic heterocycles. The maximum atomic E-state index is 12.8. The maximum Gasteiger partial charge on any atom is 0.353 e. The second-order valence-electron chi connectivity index (χ2n) is 6.53. The molecular weight excluding hydrogens is 350 g/mol. The normalized spacial score (nSPS) is 24.7. The summed E-state index contributed by atoms with van der Waals surface area (Å²) in [6.45, 7) is 1.97. The fraction of sp³-hybridized carbons (Fsp3) is 0.250. The van der Waals surface area contributed by atoms with Gasteiger partial charge in [-0.2, -0.15) is 0 Å². The number of fused-ring (bicyclic) bond motifs is 1. The Kier molecular flexibility index (Phi) is 4.20. The fourth-order valence-electron chi connectivity index (χ4n) is 3.62. The molecule has 0 radical (unpaired) electrons. The number of ether oxygens (including phenoxy) is 1. The highest BCUT2D eigenvalue weighted by Gasteiger charge is 2.50. The van der Waals surface area contributed by atoms with Gasteiger partial charge in [0.05, 0.1) is 17.5 Å². The van der Waals surface area contributed by atoms with Gasteiger partial charge in [-0.3, -0.25) is 14.5 Å². The molecule has 1 aliphatic carbocycles. The van der Waals surface area contributed by atoms with Crippen molar-refractivity contribution >= 4 is 34.8 Å². The lowest BCUT2D eigenvalue weighted by atomic mass is 9.78. The summed E-state index contributed by atoms with van der Waals surface area (Å²) in [5, 5.41) is 1.81. The topological polar surface area (TPSA) is 63.7 Å². The third kappa shape index (κ3) is 2.76. The third-order valence-electron chi connectivity index (χ3n) is 4.90. The van der Waals surface area contributed by atoms with E-state index >= 15 is 0 Å². The van der Waals surface area contributed by atoms with Crippen LogP contribution in [0.1, 0.15) is 23.0 Å². The van der Waals surface area contributed by atoms with Crippen molar-refractivity contribution in [3.8, 4) is 5.75 Å². The first-order valence-electron chi connectivity index (χ1n) is 8.46. The standard InChI is InChI=1S/C20H17NO4S/c1-12-4-2-5-15-17(12)19(23)21(18(15)22)13-7-9-14(10-8-13)25-20(24)16-6-3-11-26-16/h2-4,6-12,15,17H,5H2,1H3/t12-,15-,17+/m1/s1. The van der Waals surface area contributed by atoms with Crippen molar-refractivity contribution in [1.29, 1.82) is 0 Å². The summed E-state index contributed by atoms with van der Waals surface area (Å²) in [6.07, 6.45) is 4.59. The highest BCUT2D eigenvalue weighted by molar-refractivity contribution is 7.12. The number of nitrogens with zero attached hydrogens (tertiary/aromatic N) is 1. The second-order valence-corrected chi connectivity index (χ2v) is 7.48. The molecule has 2 aliphatic rings. The molecule has 0 bridgehead atoms. The minimum absolute atomic E-state index is 0.0567. The van der Waals surface area contributed by atoms with Crippen LogP contribution in [0.25, 0.3) is 0 Å². The van der Waals surface area contributed by atoms with Crippen LogP contribution in [0.3, 0.4) is 0 Å². The van der Waals surface area contributed by atoms with E-state index in [-0.39, 0.29) is 29.6 Å². The number of allylic oxidation sites excluding steroid dienone is 2. The van der Waals surface area contributed by atoms with Crippen molar-refractivity contribution in [3.63, 3.8) is 0 Å². The lowest BCUT2D eigenvalue weighted by molar-refractivity contribution is -0.122. The van der Waals surface area contributed by atoms with E-state index in [0.717, 1.165) is 0 Å². The van der Waals surface area contributed by atoms with E-state index in [1.165, 1.54) is 16.2 Å². The van der Waals surface area contributed by atoms with Gasteiger partial charge in [0.2, 0.25) is 11.8 Å². The number of thiophene rings is 1. The number of benzene rings is 1. The first-order valence-corrected chi connectivity index (χ1v) is 9.34. The Labute approximate surface area is 154 Å². The summed E-state index contributed by atoms with van der Waals surface area (Å²) in [7, 11) is 0.